The number of nitrogens with two attached hydrogens (primary N) is 1. The van der Waals surface area contributed by atoms with Crippen LogP contribution in [-0.2, 0) is 16.4 Å². The van der Waals surface area contributed by atoms with Gasteiger partial charge in [-0.15, -0.1) is 0 Å². The van der Waals surface area contributed by atoms with Crippen LogP contribution in [0.15, 0.2) is 65.7 Å². The molecule has 3 rings (SSSR count). The Bertz CT molecular complexity index is 1120. The highest BCUT2D eigenvalue weighted by molar-refractivity contribution is 7.89. The van der Waals surface area contributed by atoms with E-state index < -0.39 is 10.0 Å². The minimum atomic E-state index is -3.44. The highest BCUT2D eigenvalue weighted by atomic mass is 32.2. The molecule has 2 aromatic heterocycles. The van der Waals surface area contributed by atoms with Gasteiger partial charge in [-0.25, -0.2) is 18.5 Å². The quantitative estimate of drug-likeness (QED) is 0.441. The molecule has 3 aromatic rings. The van der Waals surface area contributed by atoms with E-state index in [0.29, 0.717) is 37.6 Å². The van der Waals surface area contributed by atoms with Crippen molar-refractivity contribution in [3.05, 3.63) is 76.8 Å². The Morgan fingerprint density at radius 2 is 1.71 bits per heavy atom. The fourth-order valence-electron chi connectivity index (χ4n) is 3.28. The van der Waals surface area contributed by atoms with Crippen molar-refractivity contribution in [1.82, 2.24) is 15.0 Å². The number of sulfonamides is 1. The molecule has 0 spiro atoms. The maximum Gasteiger partial charge on any atom is 0.252 e. The van der Waals surface area contributed by atoms with E-state index in [0.717, 1.165) is 18.4 Å². The second-order valence-corrected chi connectivity index (χ2v) is 9.07. The first-order chi connectivity index (χ1) is 14.9. The minimum Gasteiger partial charge on any atom is -0.342 e. The molecule has 9 heteroatoms. The maximum absolute atomic E-state index is 12.3. The van der Waals surface area contributed by atoms with E-state index in [-0.39, 0.29) is 11.3 Å². The van der Waals surface area contributed by atoms with E-state index >= 15 is 0 Å². The van der Waals surface area contributed by atoms with E-state index in [1.165, 1.54) is 11.6 Å². The monoisotopic (exact) mass is 441 g/mol. The largest absolute Gasteiger partial charge is 0.342 e. The molecule has 0 atom stereocenters. The molecule has 0 aliphatic carbocycles. The van der Waals surface area contributed by atoms with Gasteiger partial charge in [0.05, 0.1) is 11.4 Å². The van der Waals surface area contributed by atoms with Crippen LogP contribution in [0, 0.1) is 0 Å². The van der Waals surface area contributed by atoms with Crippen LogP contribution in [0.4, 0.5) is 5.95 Å². The first kappa shape index (κ1) is 22.6. The summed E-state index contributed by atoms with van der Waals surface area (Å²) in [6.45, 7) is 1.31. The SMILES string of the molecule is NS(=O)(=O)CCCCCN(CCc1ccccc1)c1nc(-c2ccncc2)cc(=O)[nH]1. The van der Waals surface area contributed by atoms with Gasteiger partial charge in [-0.1, -0.05) is 36.8 Å². The lowest BCUT2D eigenvalue weighted by atomic mass is 10.1. The van der Waals surface area contributed by atoms with Gasteiger partial charge in [0.1, 0.15) is 0 Å². The van der Waals surface area contributed by atoms with Crippen molar-refractivity contribution in [2.24, 2.45) is 5.14 Å². The highest BCUT2D eigenvalue weighted by Crippen LogP contribution is 2.17. The van der Waals surface area contributed by atoms with Crippen molar-refractivity contribution in [1.29, 1.82) is 0 Å². The van der Waals surface area contributed by atoms with Crippen LogP contribution in [-0.4, -0.2) is 42.2 Å². The standard InChI is InChI=1S/C22H27N5O3S/c23-31(29,30)16-6-2-5-14-27(15-11-18-7-3-1-4-8-18)22-25-20(17-21(28)26-22)19-9-12-24-13-10-19/h1,3-4,7-10,12-13,17H,2,5-6,11,14-16H2,(H2,23,29,30)(H,25,26,28). The average Bonchev–Trinajstić information content (AvgIpc) is 2.76. The second kappa shape index (κ2) is 10.8. The van der Waals surface area contributed by atoms with Crippen LogP contribution in [0.1, 0.15) is 24.8 Å². The van der Waals surface area contributed by atoms with Crippen molar-refractivity contribution in [2.75, 3.05) is 23.7 Å². The predicted molar refractivity (Wildman–Crippen MR) is 122 cm³/mol. The molecule has 1 aromatic carbocycles. The Kier molecular flexibility index (Phi) is 7.91. The lowest BCUT2D eigenvalue weighted by molar-refractivity contribution is 0.590. The molecule has 0 saturated heterocycles. The summed E-state index contributed by atoms with van der Waals surface area (Å²) in [7, 11) is -3.44. The summed E-state index contributed by atoms with van der Waals surface area (Å²) in [5.41, 5.74) is 2.36. The van der Waals surface area contributed by atoms with Crippen molar-refractivity contribution in [3.63, 3.8) is 0 Å². The number of hydrogen-bond donors (Lipinski definition) is 2. The minimum absolute atomic E-state index is 0.0242. The molecule has 0 bridgehead atoms. The summed E-state index contributed by atoms with van der Waals surface area (Å²) in [6.07, 6.45) is 6.10. The lowest BCUT2D eigenvalue weighted by Crippen LogP contribution is -2.31. The first-order valence-corrected chi connectivity index (χ1v) is 11.9. The number of aromatic nitrogens is 3. The Morgan fingerprint density at radius 3 is 2.42 bits per heavy atom. The van der Waals surface area contributed by atoms with Gasteiger partial charge in [0.15, 0.2) is 0 Å². The lowest BCUT2D eigenvalue weighted by Gasteiger charge is -2.23. The van der Waals surface area contributed by atoms with E-state index in [2.05, 4.69) is 27.1 Å². The van der Waals surface area contributed by atoms with Crippen molar-refractivity contribution in [2.45, 2.75) is 25.7 Å². The molecule has 31 heavy (non-hydrogen) atoms. The molecular formula is C22H27N5O3S. The van der Waals surface area contributed by atoms with E-state index in [4.69, 9.17) is 5.14 Å². The molecule has 8 nitrogen and oxygen atoms in total. The molecule has 0 radical (unpaired) electrons. The van der Waals surface area contributed by atoms with Crippen molar-refractivity contribution >= 4 is 16.0 Å². The summed E-state index contributed by atoms with van der Waals surface area (Å²) >= 11 is 0. The maximum atomic E-state index is 12.3. The number of pyridine rings is 1. The van der Waals surface area contributed by atoms with Gasteiger partial charge in [-0.05, 0) is 37.0 Å². The third kappa shape index (κ3) is 7.62. The summed E-state index contributed by atoms with van der Waals surface area (Å²) in [5, 5.41) is 5.08. The van der Waals surface area contributed by atoms with Gasteiger partial charge in [0, 0.05) is 37.1 Å². The van der Waals surface area contributed by atoms with Crippen LogP contribution in [0.3, 0.4) is 0 Å². The molecule has 3 N–H and O–H groups in total. The second-order valence-electron chi connectivity index (χ2n) is 7.34. The van der Waals surface area contributed by atoms with Crippen LogP contribution in [0.2, 0.25) is 0 Å². The topological polar surface area (TPSA) is 122 Å². The number of nitrogens with zero attached hydrogens (tertiary/aromatic N) is 3. The Hall–Kier alpha value is -3.04. The molecule has 0 aliphatic heterocycles. The molecule has 0 saturated carbocycles. The normalized spacial score (nSPS) is 11.4. The number of H-pyrrole nitrogens is 1. The van der Waals surface area contributed by atoms with Gasteiger partial charge in [-0.2, -0.15) is 0 Å². The third-order valence-corrected chi connectivity index (χ3v) is 5.73. The number of rotatable bonds is 11. The number of anilines is 1. The fourth-order valence-corrected chi connectivity index (χ4v) is 3.89. The zero-order valence-corrected chi connectivity index (χ0v) is 18.1. The molecule has 0 aliphatic rings. The van der Waals surface area contributed by atoms with Crippen LogP contribution in [0.25, 0.3) is 11.3 Å². The predicted octanol–water partition coefficient (Wildman–Crippen LogP) is 2.34. The molecule has 0 unspecified atom stereocenters. The zero-order chi connectivity index (χ0) is 22.1. The van der Waals surface area contributed by atoms with Crippen LogP contribution >= 0.6 is 0 Å². The van der Waals surface area contributed by atoms with E-state index in [1.807, 2.05) is 35.2 Å². The van der Waals surface area contributed by atoms with Crippen molar-refractivity contribution in [3.8, 4) is 11.3 Å². The zero-order valence-electron chi connectivity index (χ0n) is 17.3. The molecule has 164 valence electrons. The summed E-state index contributed by atoms with van der Waals surface area (Å²) < 4.78 is 22.3. The Morgan fingerprint density at radius 1 is 0.968 bits per heavy atom. The summed E-state index contributed by atoms with van der Waals surface area (Å²) in [4.78, 5) is 25.9. The summed E-state index contributed by atoms with van der Waals surface area (Å²) in [6, 6.07) is 15.2. The number of unbranched alkanes of at least 4 members (excludes halogenated alkanes) is 2. The Balaban J connectivity index is 1.76. The van der Waals surface area contributed by atoms with Gasteiger partial charge >= 0.3 is 0 Å². The van der Waals surface area contributed by atoms with Crippen LogP contribution in [0.5, 0.6) is 0 Å². The molecule has 0 fully saturated rings. The number of nitrogens with one attached hydrogen (secondary N) is 1. The Labute approximate surface area is 182 Å². The average molecular weight is 442 g/mol. The van der Waals surface area contributed by atoms with Gasteiger partial charge in [-0.3, -0.25) is 14.8 Å². The number of benzene rings is 1. The van der Waals surface area contributed by atoms with Gasteiger partial charge in [0.25, 0.3) is 5.56 Å². The van der Waals surface area contributed by atoms with E-state index in [9.17, 15) is 13.2 Å². The molecule has 2 heterocycles. The van der Waals surface area contributed by atoms with Crippen molar-refractivity contribution < 1.29 is 8.42 Å². The molecular weight excluding hydrogens is 414 g/mol. The number of hydrogen-bond acceptors (Lipinski definition) is 6. The smallest absolute Gasteiger partial charge is 0.252 e. The fraction of sp³-hybridized carbons (Fsp3) is 0.318. The third-order valence-electron chi connectivity index (χ3n) is 4.87. The molecule has 0 amide bonds. The number of aromatic amines is 1. The van der Waals surface area contributed by atoms with Crippen LogP contribution < -0.4 is 15.6 Å². The number of primary sulfonamides is 1. The summed E-state index contributed by atoms with van der Waals surface area (Å²) in [5.74, 6) is 0.477. The van der Waals surface area contributed by atoms with Gasteiger partial charge in [0.2, 0.25) is 16.0 Å². The first-order valence-electron chi connectivity index (χ1n) is 10.2. The van der Waals surface area contributed by atoms with E-state index in [1.54, 1.807) is 12.4 Å². The van der Waals surface area contributed by atoms with Gasteiger partial charge < -0.3 is 4.90 Å². The highest BCUT2D eigenvalue weighted by Gasteiger charge is 2.12.